The van der Waals surface area contributed by atoms with E-state index in [9.17, 15) is 14.3 Å². The molecule has 104 valence electrons. The van der Waals surface area contributed by atoms with Gasteiger partial charge in [-0.15, -0.1) is 0 Å². The highest BCUT2D eigenvalue weighted by atomic mass is 35.5. The minimum absolute atomic E-state index is 0.327. The molecule has 2 nitrogen and oxygen atoms in total. The molecule has 4 heteroatoms. The second-order valence-electron chi connectivity index (χ2n) is 5.14. The number of benzene rings is 2. The van der Waals surface area contributed by atoms with Crippen LogP contribution in [-0.2, 0) is 10.2 Å². The number of hydrogen-bond acceptors (Lipinski definition) is 1. The van der Waals surface area contributed by atoms with Crippen LogP contribution in [0.4, 0.5) is 4.39 Å². The standard InChI is InChI=1S/C16H14ClFO2/c1-16(2,15(19)20)11-5-3-4-10(8-11)13-7-6-12(17)9-14(13)18/h3-9H,1-2H3,(H,19,20). The van der Waals surface area contributed by atoms with Gasteiger partial charge in [0, 0.05) is 10.6 Å². The Kier molecular flexibility index (Phi) is 3.82. The number of aliphatic carboxylic acids is 1. The van der Waals surface area contributed by atoms with Crippen molar-refractivity contribution in [3.63, 3.8) is 0 Å². The number of carboxylic acid groups (broad SMARTS) is 1. The Morgan fingerprint density at radius 1 is 1.20 bits per heavy atom. The summed E-state index contributed by atoms with van der Waals surface area (Å²) in [5.41, 5.74) is 0.624. The van der Waals surface area contributed by atoms with Crippen LogP contribution in [0.3, 0.4) is 0 Å². The molecule has 0 radical (unpaired) electrons. The maximum absolute atomic E-state index is 13.9. The van der Waals surface area contributed by atoms with Crippen molar-refractivity contribution in [2.75, 3.05) is 0 Å². The van der Waals surface area contributed by atoms with Gasteiger partial charge >= 0.3 is 5.97 Å². The topological polar surface area (TPSA) is 37.3 Å². The first-order valence-electron chi connectivity index (χ1n) is 6.12. The maximum Gasteiger partial charge on any atom is 0.313 e. The second kappa shape index (κ2) is 5.25. The third-order valence-corrected chi connectivity index (χ3v) is 3.60. The minimum Gasteiger partial charge on any atom is -0.481 e. The zero-order valence-corrected chi connectivity index (χ0v) is 11.9. The van der Waals surface area contributed by atoms with Gasteiger partial charge < -0.3 is 5.11 Å². The van der Waals surface area contributed by atoms with E-state index in [4.69, 9.17) is 11.6 Å². The molecule has 2 aromatic carbocycles. The van der Waals surface area contributed by atoms with E-state index in [0.717, 1.165) is 0 Å². The first kappa shape index (κ1) is 14.5. The summed E-state index contributed by atoms with van der Waals surface area (Å²) in [6.45, 7) is 3.24. The van der Waals surface area contributed by atoms with E-state index >= 15 is 0 Å². The number of carbonyl (C=O) groups is 1. The molecule has 0 bridgehead atoms. The lowest BCUT2D eigenvalue weighted by Crippen LogP contribution is -2.28. The quantitative estimate of drug-likeness (QED) is 0.904. The van der Waals surface area contributed by atoms with Crippen molar-refractivity contribution in [3.05, 3.63) is 58.9 Å². The van der Waals surface area contributed by atoms with E-state index in [0.29, 0.717) is 21.7 Å². The monoisotopic (exact) mass is 292 g/mol. The molecule has 0 heterocycles. The summed E-state index contributed by atoms with van der Waals surface area (Å²) < 4.78 is 13.9. The fourth-order valence-corrected chi connectivity index (χ4v) is 2.08. The van der Waals surface area contributed by atoms with Crippen LogP contribution in [0.15, 0.2) is 42.5 Å². The lowest BCUT2D eigenvalue weighted by Gasteiger charge is -2.20. The number of halogens is 2. The van der Waals surface area contributed by atoms with E-state index in [1.807, 2.05) is 0 Å². The number of carboxylic acids is 1. The highest BCUT2D eigenvalue weighted by Crippen LogP contribution is 2.30. The second-order valence-corrected chi connectivity index (χ2v) is 5.57. The van der Waals surface area contributed by atoms with Crippen molar-refractivity contribution in [3.8, 4) is 11.1 Å². The molecule has 2 rings (SSSR count). The van der Waals surface area contributed by atoms with Crippen LogP contribution in [-0.4, -0.2) is 11.1 Å². The first-order valence-corrected chi connectivity index (χ1v) is 6.49. The van der Waals surface area contributed by atoms with Gasteiger partial charge in [-0.2, -0.15) is 0 Å². The summed E-state index contributed by atoms with van der Waals surface area (Å²) in [7, 11) is 0. The molecular formula is C16H14ClFO2. The minimum atomic E-state index is -1.03. The largest absolute Gasteiger partial charge is 0.481 e. The molecule has 0 spiro atoms. The van der Waals surface area contributed by atoms with Crippen molar-refractivity contribution in [2.45, 2.75) is 19.3 Å². The Labute approximate surface area is 121 Å². The molecule has 20 heavy (non-hydrogen) atoms. The third-order valence-electron chi connectivity index (χ3n) is 3.36. The van der Waals surface area contributed by atoms with E-state index < -0.39 is 17.2 Å². The summed E-state index contributed by atoms with van der Waals surface area (Å²) >= 11 is 5.73. The van der Waals surface area contributed by atoms with Crippen LogP contribution in [0.1, 0.15) is 19.4 Å². The number of rotatable bonds is 3. The Morgan fingerprint density at radius 3 is 2.50 bits per heavy atom. The first-order chi connectivity index (χ1) is 9.32. The molecule has 0 amide bonds. The number of hydrogen-bond donors (Lipinski definition) is 1. The summed E-state index contributed by atoms with van der Waals surface area (Å²) in [5, 5.41) is 9.58. The summed E-state index contributed by atoms with van der Waals surface area (Å²) in [6, 6.07) is 11.3. The predicted octanol–water partition coefficient (Wildman–Crippen LogP) is 4.51. The highest BCUT2D eigenvalue weighted by molar-refractivity contribution is 6.30. The van der Waals surface area contributed by atoms with Gasteiger partial charge in [0.25, 0.3) is 0 Å². The van der Waals surface area contributed by atoms with E-state index in [2.05, 4.69) is 0 Å². The van der Waals surface area contributed by atoms with Crippen LogP contribution in [0, 0.1) is 5.82 Å². The fourth-order valence-electron chi connectivity index (χ4n) is 1.92. The van der Waals surface area contributed by atoms with Crippen molar-refractivity contribution in [2.24, 2.45) is 0 Å². The van der Waals surface area contributed by atoms with Crippen LogP contribution < -0.4 is 0 Å². The molecule has 0 aliphatic rings. The molecule has 2 aromatic rings. The summed E-state index contributed by atoms with van der Waals surface area (Å²) in [6.07, 6.45) is 0. The van der Waals surface area contributed by atoms with Crippen molar-refractivity contribution < 1.29 is 14.3 Å². The van der Waals surface area contributed by atoms with Gasteiger partial charge in [0.05, 0.1) is 5.41 Å². The maximum atomic E-state index is 13.9. The Bertz CT molecular complexity index is 665. The van der Waals surface area contributed by atoms with Crippen molar-refractivity contribution >= 4 is 17.6 Å². The van der Waals surface area contributed by atoms with Gasteiger partial charge in [-0.3, -0.25) is 4.79 Å². The van der Waals surface area contributed by atoms with E-state index in [-0.39, 0.29) is 0 Å². The zero-order chi connectivity index (χ0) is 14.9. The fraction of sp³-hybridized carbons (Fsp3) is 0.188. The molecule has 0 fully saturated rings. The molecule has 0 aliphatic heterocycles. The van der Waals surface area contributed by atoms with Gasteiger partial charge in [0.1, 0.15) is 5.82 Å². The summed E-state index contributed by atoms with van der Waals surface area (Å²) in [4.78, 5) is 11.3. The Hall–Kier alpha value is -1.87. The lowest BCUT2D eigenvalue weighted by molar-refractivity contribution is -0.142. The molecule has 0 aliphatic carbocycles. The van der Waals surface area contributed by atoms with Gasteiger partial charge in [0.15, 0.2) is 0 Å². The van der Waals surface area contributed by atoms with E-state index in [1.165, 1.54) is 6.07 Å². The lowest BCUT2D eigenvalue weighted by atomic mass is 9.83. The predicted molar refractivity (Wildman–Crippen MR) is 77.5 cm³/mol. The van der Waals surface area contributed by atoms with Gasteiger partial charge in [-0.25, -0.2) is 4.39 Å². The molecular weight excluding hydrogens is 279 g/mol. The molecule has 0 atom stereocenters. The smallest absolute Gasteiger partial charge is 0.313 e. The molecule has 1 N–H and O–H groups in total. The van der Waals surface area contributed by atoms with Crippen LogP contribution in [0.5, 0.6) is 0 Å². The van der Waals surface area contributed by atoms with Crippen molar-refractivity contribution in [1.29, 1.82) is 0 Å². The Morgan fingerprint density at radius 2 is 1.90 bits per heavy atom. The molecule has 0 unspecified atom stereocenters. The average molecular weight is 293 g/mol. The van der Waals surface area contributed by atoms with Gasteiger partial charge in [0.2, 0.25) is 0 Å². The Balaban J connectivity index is 2.52. The van der Waals surface area contributed by atoms with Gasteiger partial charge in [-0.05, 0) is 49.2 Å². The SMILES string of the molecule is CC(C)(C(=O)O)c1cccc(-c2ccc(Cl)cc2F)c1. The third kappa shape index (κ3) is 2.68. The van der Waals surface area contributed by atoms with Crippen LogP contribution in [0.25, 0.3) is 11.1 Å². The highest BCUT2D eigenvalue weighted by Gasteiger charge is 2.29. The van der Waals surface area contributed by atoms with Crippen molar-refractivity contribution in [1.82, 2.24) is 0 Å². The molecule has 0 saturated heterocycles. The zero-order valence-electron chi connectivity index (χ0n) is 11.2. The molecule has 0 aromatic heterocycles. The average Bonchev–Trinajstić information content (AvgIpc) is 2.38. The normalized spacial score (nSPS) is 11.4. The van der Waals surface area contributed by atoms with Gasteiger partial charge in [-0.1, -0.05) is 29.8 Å². The molecule has 0 saturated carbocycles. The van der Waals surface area contributed by atoms with E-state index in [1.54, 1.807) is 50.2 Å². The van der Waals surface area contributed by atoms with Crippen LogP contribution in [0.2, 0.25) is 5.02 Å². The van der Waals surface area contributed by atoms with Crippen LogP contribution >= 0.6 is 11.6 Å². The summed E-state index contributed by atoms with van der Waals surface area (Å²) in [5.74, 6) is -1.35.